The van der Waals surface area contributed by atoms with Crippen LogP contribution in [0.4, 0.5) is 0 Å². The molecule has 0 atom stereocenters. The number of pyridine rings is 1. The van der Waals surface area contributed by atoms with Crippen molar-refractivity contribution in [3.05, 3.63) is 59.9 Å². The quantitative estimate of drug-likeness (QED) is 0.535. The largest absolute Gasteiger partial charge is 0.346 e. The summed E-state index contributed by atoms with van der Waals surface area (Å²) in [6.45, 7) is 0. The van der Waals surface area contributed by atoms with Gasteiger partial charge in [-0.15, -0.1) is 0 Å². The van der Waals surface area contributed by atoms with E-state index in [1.54, 1.807) is 6.20 Å². The van der Waals surface area contributed by atoms with Gasteiger partial charge in [-0.3, -0.25) is 9.52 Å². The van der Waals surface area contributed by atoms with Gasteiger partial charge in [0.2, 0.25) is 0 Å². The lowest BCUT2D eigenvalue weighted by Gasteiger charge is -2.18. The second-order valence-electron chi connectivity index (χ2n) is 4.73. The lowest BCUT2D eigenvalue weighted by molar-refractivity contribution is -0.113. The van der Waals surface area contributed by atoms with Gasteiger partial charge in [0, 0.05) is 39.4 Å². The maximum atomic E-state index is 12.2. The standard InChI is InChI=1S/C16H11N3OS/c20-16-13(12-4-1-2-6-14(12)21-19-16)8-10-9-18-15-11(10)5-3-7-17-15/h1-9H,(H,17,18)(H,19,20). The van der Waals surface area contributed by atoms with Crippen LogP contribution in [0.25, 0.3) is 22.7 Å². The topological polar surface area (TPSA) is 57.8 Å². The fourth-order valence-corrected chi connectivity index (χ4v) is 3.20. The van der Waals surface area contributed by atoms with Gasteiger partial charge in [-0.05, 0) is 36.2 Å². The van der Waals surface area contributed by atoms with Crippen LogP contribution in [0.3, 0.4) is 0 Å². The second kappa shape index (κ2) is 4.79. The molecule has 0 saturated heterocycles. The second-order valence-corrected chi connectivity index (χ2v) is 5.58. The highest BCUT2D eigenvalue weighted by atomic mass is 32.2. The Kier molecular flexibility index (Phi) is 2.79. The maximum absolute atomic E-state index is 12.2. The van der Waals surface area contributed by atoms with Crippen LogP contribution in [0.2, 0.25) is 0 Å². The van der Waals surface area contributed by atoms with E-state index < -0.39 is 0 Å². The summed E-state index contributed by atoms with van der Waals surface area (Å²) in [5.41, 5.74) is 3.42. The van der Waals surface area contributed by atoms with Crippen molar-refractivity contribution in [3.8, 4) is 0 Å². The first-order valence-corrected chi connectivity index (χ1v) is 7.35. The summed E-state index contributed by atoms with van der Waals surface area (Å²) in [4.78, 5) is 20.6. The first kappa shape index (κ1) is 12.2. The van der Waals surface area contributed by atoms with Crippen molar-refractivity contribution in [1.29, 1.82) is 0 Å². The zero-order valence-electron chi connectivity index (χ0n) is 11.0. The van der Waals surface area contributed by atoms with Crippen LogP contribution in [0.15, 0.2) is 53.7 Å². The van der Waals surface area contributed by atoms with E-state index in [9.17, 15) is 4.79 Å². The van der Waals surface area contributed by atoms with Crippen LogP contribution >= 0.6 is 11.9 Å². The molecule has 2 aromatic heterocycles. The molecule has 3 aromatic rings. The molecule has 1 amide bonds. The molecule has 1 aliphatic heterocycles. The molecule has 4 nitrogen and oxygen atoms in total. The van der Waals surface area contributed by atoms with Gasteiger partial charge in [-0.2, -0.15) is 0 Å². The van der Waals surface area contributed by atoms with Crippen LogP contribution in [0.5, 0.6) is 0 Å². The number of aromatic amines is 1. The SMILES string of the molecule is O=C1NSc2ccccc2C1=Cc1c[nH]c2ncccc12. The number of carbonyl (C=O) groups is 1. The van der Waals surface area contributed by atoms with Crippen molar-refractivity contribution < 1.29 is 4.79 Å². The van der Waals surface area contributed by atoms with Crippen LogP contribution in [0.1, 0.15) is 11.1 Å². The molecule has 5 heteroatoms. The number of amides is 1. The average molecular weight is 293 g/mol. The molecule has 0 fully saturated rings. The minimum atomic E-state index is -0.0723. The first-order valence-electron chi connectivity index (χ1n) is 6.53. The molecule has 0 radical (unpaired) electrons. The Bertz CT molecular complexity index is 882. The summed E-state index contributed by atoms with van der Waals surface area (Å²) in [6.07, 6.45) is 5.53. The monoisotopic (exact) mass is 293 g/mol. The molecule has 2 N–H and O–H groups in total. The number of nitrogens with one attached hydrogen (secondary N) is 2. The summed E-state index contributed by atoms with van der Waals surface area (Å²) in [5.74, 6) is -0.0723. The zero-order valence-corrected chi connectivity index (χ0v) is 11.8. The molecule has 0 aliphatic carbocycles. The number of nitrogens with zero attached hydrogens (tertiary/aromatic N) is 1. The van der Waals surface area contributed by atoms with Crippen LogP contribution in [0, 0.1) is 0 Å². The van der Waals surface area contributed by atoms with Crippen molar-refractivity contribution >= 4 is 40.5 Å². The molecule has 1 aromatic carbocycles. The third-order valence-electron chi connectivity index (χ3n) is 3.46. The lowest BCUT2D eigenvalue weighted by Crippen LogP contribution is -2.21. The Labute approximate surface area is 125 Å². The molecular weight excluding hydrogens is 282 g/mol. The summed E-state index contributed by atoms with van der Waals surface area (Å²) < 4.78 is 2.83. The predicted molar refractivity (Wildman–Crippen MR) is 84.4 cm³/mol. The van der Waals surface area contributed by atoms with Gasteiger partial charge in [-0.1, -0.05) is 18.2 Å². The van der Waals surface area contributed by atoms with Crippen LogP contribution in [-0.4, -0.2) is 15.9 Å². The maximum Gasteiger partial charge on any atom is 0.262 e. The Hall–Kier alpha value is -2.53. The minimum Gasteiger partial charge on any atom is -0.346 e. The summed E-state index contributed by atoms with van der Waals surface area (Å²) in [5, 5.41) is 1.01. The molecular formula is C16H11N3OS. The van der Waals surface area contributed by atoms with Crippen molar-refractivity contribution in [2.24, 2.45) is 0 Å². The molecule has 1 aliphatic rings. The fourth-order valence-electron chi connectivity index (χ4n) is 2.45. The van der Waals surface area contributed by atoms with Gasteiger partial charge >= 0.3 is 0 Å². The van der Waals surface area contributed by atoms with Gasteiger partial charge in [0.05, 0.1) is 0 Å². The van der Waals surface area contributed by atoms with Gasteiger partial charge < -0.3 is 4.98 Å². The van der Waals surface area contributed by atoms with E-state index in [4.69, 9.17) is 0 Å². The summed E-state index contributed by atoms with van der Waals surface area (Å²) in [6, 6.07) is 11.8. The molecule has 3 heterocycles. The van der Waals surface area contributed by atoms with E-state index in [0.29, 0.717) is 5.57 Å². The van der Waals surface area contributed by atoms with Crippen molar-refractivity contribution in [2.45, 2.75) is 4.90 Å². The molecule has 0 unspecified atom stereocenters. The molecule has 4 rings (SSSR count). The Morgan fingerprint density at radius 2 is 2.05 bits per heavy atom. The van der Waals surface area contributed by atoms with Crippen molar-refractivity contribution in [2.75, 3.05) is 0 Å². The van der Waals surface area contributed by atoms with E-state index in [1.807, 2.05) is 48.7 Å². The summed E-state index contributed by atoms with van der Waals surface area (Å²) >= 11 is 1.36. The highest BCUT2D eigenvalue weighted by molar-refractivity contribution is 7.98. The first-order chi connectivity index (χ1) is 10.3. The van der Waals surface area contributed by atoms with Crippen LogP contribution in [-0.2, 0) is 4.79 Å². The number of carbonyl (C=O) groups excluding carboxylic acids is 1. The number of benzene rings is 1. The highest BCUT2D eigenvalue weighted by Gasteiger charge is 2.21. The third-order valence-corrected chi connectivity index (χ3v) is 4.32. The van der Waals surface area contributed by atoms with Crippen molar-refractivity contribution in [1.82, 2.24) is 14.7 Å². The number of hydrogen-bond acceptors (Lipinski definition) is 3. The van der Waals surface area contributed by atoms with E-state index >= 15 is 0 Å². The molecule has 0 bridgehead atoms. The normalized spacial score (nSPS) is 16.0. The van der Waals surface area contributed by atoms with E-state index in [-0.39, 0.29) is 5.91 Å². The Balaban J connectivity index is 1.91. The molecule has 21 heavy (non-hydrogen) atoms. The third kappa shape index (κ3) is 2.02. The molecule has 0 spiro atoms. The number of aromatic nitrogens is 2. The van der Waals surface area contributed by atoms with Gasteiger partial charge in [0.15, 0.2) is 0 Å². The van der Waals surface area contributed by atoms with E-state index in [1.165, 1.54) is 11.9 Å². The number of rotatable bonds is 1. The lowest BCUT2D eigenvalue weighted by atomic mass is 10.0. The smallest absolute Gasteiger partial charge is 0.262 e. The van der Waals surface area contributed by atoms with Crippen molar-refractivity contribution in [3.63, 3.8) is 0 Å². The number of hydrogen-bond donors (Lipinski definition) is 2. The fraction of sp³-hybridized carbons (Fsp3) is 0. The summed E-state index contributed by atoms with van der Waals surface area (Å²) in [7, 11) is 0. The van der Waals surface area contributed by atoms with Crippen LogP contribution < -0.4 is 4.72 Å². The van der Waals surface area contributed by atoms with Gasteiger partial charge in [0.25, 0.3) is 5.91 Å². The van der Waals surface area contributed by atoms with Gasteiger partial charge in [-0.25, -0.2) is 4.98 Å². The zero-order chi connectivity index (χ0) is 14.2. The highest BCUT2D eigenvalue weighted by Crippen LogP contribution is 2.33. The van der Waals surface area contributed by atoms with E-state index in [2.05, 4.69) is 14.7 Å². The van der Waals surface area contributed by atoms with Gasteiger partial charge in [0.1, 0.15) is 5.65 Å². The Morgan fingerprint density at radius 3 is 3.00 bits per heavy atom. The predicted octanol–water partition coefficient (Wildman–Crippen LogP) is 3.24. The van der Waals surface area contributed by atoms with E-state index in [0.717, 1.165) is 27.1 Å². The molecule has 102 valence electrons. The number of H-pyrrole nitrogens is 1. The molecule has 0 saturated carbocycles. The Morgan fingerprint density at radius 1 is 1.14 bits per heavy atom. The average Bonchev–Trinajstić information content (AvgIpc) is 2.93. The number of fused-ring (bicyclic) bond motifs is 2. The minimum absolute atomic E-state index is 0.0723.